The van der Waals surface area contributed by atoms with E-state index in [4.69, 9.17) is 4.74 Å². The Labute approximate surface area is 252 Å². The number of alkyl halides is 3. The Bertz CT molecular complexity index is 1690. The van der Waals surface area contributed by atoms with Crippen molar-refractivity contribution in [3.8, 4) is 28.6 Å². The zero-order chi connectivity index (χ0) is 30.0. The van der Waals surface area contributed by atoms with Crippen LogP contribution in [0.2, 0.25) is 0 Å². The summed E-state index contributed by atoms with van der Waals surface area (Å²) >= 11 is 3.29. The highest BCUT2D eigenvalue weighted by atomic mass is 32.2. The van der Waals surface area contributed by atoms with Gasteiger partial charge in [-0.2, -0.15) is 16.8 Å². The number of nitrogens with zero attached hydrogens (tertiary/aromatic N) is 5. The number of ether oxygens (including phenoxy) is 2. The average molecular weight is 625 g/mol. The molecule has 6 rings (SSSR count). The molecule has 3 heterocycles. The van der Waals surface area contributed by atoms with Gasteiger partial charge in [-0.25, -0.2) is 14.5 Å². The fourth-order valence-corrected chi connectivity index (χ4v) is 6.31. The van der Waals surface area contributed by atoms with E-state index in [0.717, 1.165) is 17.1 Å². The zero-order valence-electron chi connectivity index (χ0n) is 22.5. The lowest BCUT2D eigenvalue weighted by Crippen LogP contribution is -2.30. The third-order valence-electron chi connectivity index (χ3n) is 6.51. The van der Waals surface area contributed by atoms with Gasteiger partial charge in [-0.1, -0.05) is 30.0 Å². The average Bonchev–Trinajstić information content (AvgIpc) is 3.65. The van der Waals surface area contributed by atoms with Gasteiger partial charge < -0.3 is 14.8 Å². The number of anilines is 1. The highest BCUT2D eigenvalue weighted by Gasteiger charge is 2.34. The molecule has 2 amide bonds. The first-order valence-corrected chi connectivity index (χ1v) is 15.2. The Morgan fingerprint density at radius 3 is 2.58 bits per heavy atom. The highest BCUT2D eigenvalue weighted by Crippen LogP contribution is 2.46. The standard InChI is InChI=1S/C29H23F3N6O3S2/c1-42-25-14-20-15-43-28(38(20)24-5-3-2-4-23(24)25)35-27(39)34-17-40-21-10-6-18(7-11-21)26-33-16-37(36-26)19-8-12-22(13-9-19)41-29(30,31)32/h2-14,16,25H,15,17H2,1H3,(H,34,39)/b35-28-. The normalized spacial score (nSPS) is 16.8. The summed E-state index contributed by atoms with van der Waals surface area (Å²) in [6, 6.07) is 19.9. The van der Waals surface area contributed by atoms with Crippen LogP contribution in [0.15, 0.2) is 95.9 Å². The van der Waals surface area contributed by atoms with Gasteiger partial charge in [0, 0.05) is 17.0 Å². The molecule has 3 aromatic carbocycles. The lowest BCUT2D eigenvalue weighted by molar-refractivity contribution is -0.274. The van der Waals surface area contributed by atoms with Crippen molar-refractivity contribution in [2.45, 2.75) is 11.6 Å². The summed E-state index contributed by atoms with van der Waals surface area (Å²) in [6.07, 6.45) is 1.01. The number of halogens is 3. The molecule has 1 unspecified atom stereocenters. The van der Waals surface area contributed by atoms with E-state index in [2.05, 4.69) is 43.5 Å². The number of aliphatic imine (C=N–C) groups is 1. The smallest absolute Gasteiger partial charge is 0.473 e. The van der Waals surface area contributed by atoms with Crippen molar-refractivity contribution in [2.75, 3.05) is 23.6 Å². The Hall–Kier alpha value is -4.43. The fraction of sp³-hybridized carbons (Fsp3) is 0.172. The van der Waals surface area contributed by atoms with Gasteiger partial charge in [0.2, 0.25) is 0 Å². The number of hydrogen-bond donors (Lipinski definition) is 1. The second-order valence-electron chi connectivity index (χ2n) is 9.24. The van der Waals surface area contributed by atoms with Gasteiger partial charge in [-0.05, 0) is 72.5 Å². The van der Waals surface area contributed by atoms with Crippen molar-refractivity contribution in [2.24, 2.45) is 4.99 Å². The molecule has 43 heavy (non-hydrogen) atoms. The number of rotatable bonds is 7. The highest BCUT2D eigenvalue weighted by molar-refractivity contribution is 8.14. The number of carbonyl (C=O) groups excluding carboxylic acids is 1. The van der Waals surface area contributed by atoms with Crippen molar-refractivity contribution in [3.05, 3.63) is 96.5 Å². The minimum absolute atomic E-state index is 0.0750. The molecule has 1 N–H and O–H groups in total. The maximum atomic E-state index is 12.6. The third-order valence-corrected chi connectivity index (χ3v) is 8.38. The molecular weight excluding hydrogens is 601 g/mol. The van der Waals surface area contributed by atoms with Crippen LogP contribution < -0.4 is 19.7 Å². The van der Waals surface area contributed by atoms with Gasteiger partial charge in [0.05, 0.1) is 16.6 Å². The molecule has 1 atom stereocenters. The van der Waals surface area contributed by atoms with E-state index in [9.17, 15) is 18.0 Å². The van der Waals surface area contributed by atoms with Gasteiger partial charge >= 0.3 is 12.4 Å². The number of amidine groups is 1. The first-order valence-electron chi connectivity index (χ1n) is 12.9. The van der Waals surface area contributed by atoms with E-state index in [1.165, 1.54) is 52.6 Å². The molecule has 4 aromatic rings. The first-order chi connectivity index (χ1) is 20.8. The fourth-order valence-electron chi connectivity index (χ4n) is 4.57. The van der Waals surface area contributed by atoms with E-state index in [1.54, 1.807) is 36.0 Å². The van der Waals surface area contributed by atoms with Crippen molar-refractivity contribution in [1.29, 1.82) is 0 Å². The maximum absolute atomic E-state index is 12.6. The number of carbonyl (C=O) groups is 1. The van der Waals surface area contributed by atoms with Gasteiger partial charge in [-0.15, -0.1) is 18.3 Å². The molecule has 1 aromatic heterocycles. The Balaban J connectivity index is 1.04. The Kier molecular flexibility index (Phi) is 8.04. The van der Waals surface area contributed by atoms with E-state index in [0.29, 0.717) is 28.0 Å². The SMILES string of the molecule is CSC1C=C2CS/C(=N\C(=O)NCOc3ccc(-c4ncn(-c5ccc(OC(F)(F)F)cc5)n4)cc3)N2c2ccccc21. The maximum Gasteiger partial charge on any atom is 0.573 e. The molecule has 220 valence electrons. The molecule has 9 nitrogen and oxygen atoms in total. The van der Waals surface area contributed by atoms with Crippen LogP contribution in [0.1, 0.15) is 10.8 Å². The van der Waals surface area contributed by atoms with Crippen LogP contribution in [0.25, 0.3) is 17.1 Å². The molecule has 0 bridgehead atoms. The number of urea groups is 1. The van der Waals surface area contributed by atoms with Crippen molar-refractivity contribution in [3.63, 3.8) is 0 Å². The summed E-state index contributed by atoms with van der Waals surface area (Å²) in [5, 5.41) is 7.95. The quantitative estimate of drug-likeness (QED) is 0.225. The van der Waals surface area contributed by atoms with E-state index in [1.807, 2.05) is 23.1 Å². The minimum Gasteiger partial charge on any atom is -0.473 e. The molecule has 0 saturated carbocycles. The van der Waals surface area contributed by atoms with Crippen LogP contribution in [0.5, 0.6) is 11.5 Å². The van der Waals surface area contributed by atoms with Crippen LogP contribution in [-0.4, -0.2) is 51.1 Å². The largest absolute Gasteiger partial charge is 0.573 e. The second-order valence-corrected chi connectivity index (χ2v) is 11.2. The van der Waals surface area contributed by atoms with Crippen LogP contribution in [-0.2, 0) is 0 Å². The summed E-state index contributed by atoms with van der Waals surface area (Å²) in [5.41, 5.74) is 4.58. The Morgan fingerprint density at radius 1 is 1.09 bits per heavy atom. The predicted molar refractivity (Wildman–Crippen MR) is 161 cm³/mol. The van der Waals surface area contributed by atoms with Crippen molar-refractivity contribution in [1.82, 2.24) is 20.1 Å². The van der Waals surface area contributed by atoms with Gasteiger partial charge in [-0.3, -0.25) is 4.90 Å². The summed E-state index contributed by atoms with van der Waals surface area (Å²) in [4.78, 5) is 23.2. The van der Waals surface area contributed by atoms with Gasteiger partial charge in [0.15, 0.2) is 17.7 Å². The number of hydrogen-bond acceptors (Lipinski definition) is 7. The molecule has 2 aliphatic heterocycles. The number of para-hydroxylation sites is 1. The molecular formula is C29H23F3N6O3S2. The number of benzene rings is 3. The summed E-state index contributed by atoms with van der Waals surface area (Å²) in [6.45, 7) is -0.0750. The first kappa shape index (κ1) is 28.7. The number of thioether (sulfide) groups is 2. The van der Waals surface area contributed by atoms with Crippen LogP contribution in [0, 0.1) is 0 Å². The Morgan fingerprint density at radius 2 is 1.84 bits per heavy atom. The summed E-state index contributed by atoms with van der Waals surface area (Å²) in [5.74, 6) is 1.36. The van der Waals surface area contributed by atoms with Crippen LogP contribution in [0.3, 0.4) is 0 Å². The van der Waals surface area contributed by atoms with Crippen molar-refractivity contribution < 1.29 is 27.4 Å². The second kappa shape index (κ2) is 12.1. The molecule has 2 aliphatic rings. The third kappa shape index (κ3) is 6.49. The van der Waals surface area contributed by atoms with Crippen molar-refractivity contribution >= 4 is 40.4 Å². The molecule has 0 spiro atoms. The van der Waals surface area contributed by atoms with Gasteiger partial charge in [0.25, 0.3) is 0 Å². The van der Waals surface area contributed by atoms with Gasteiger partial charge in [0.1, 0.15) is 17.8 Å². The molecule has 1 saturated heterocycles. The zero-order valence-corrected chi connectivity index (χ0v) is 24.1. The van der Waals surface area contributed by atoms with E-state index < -0.39 is 12.4 Å². The lowest BCUT2D eigenvalue weighted by Gasteiger charge is -2.30. The number of fused-ring (bicyclic) bond motifs is 3. The monoisotopic (exact) mass is 624 g/mol. The number of aromatic nitrogens is 3. The topological polar surface area (TPSA) is 93.9 Å². The van der Waals surface area contributed by atoms with E-state index in [-0.39, 0.29) is 17.7 Å². The predicted octanol–water partition coefficient (Wildman–Crippen LogP) is 6.79. The molecule has 1 fully saturated rings. The van der Waals surface area contributed by atoms with Crippen LogP contribution in [0.4, 0.5) is 23.7 Å². The van der Waals surface area contributed by atoms with E-state index >= 15 is 0 Å². The summed E-state index contributed by atoms with van der Waals surface area (Å²) in [7, 11) is 0. The summed E-state index contributed by atoms with van der Waals surface area (Å²) < 4.78 is 48.2. The lowest BCUT2D eigenvalue weighted by atomic mass is 10.0. The molecule has 0 radical (unpaired) electrons. The van der Waals surface area contributed by atoms with Crippen LogP contribution >= 0.6 is 23.5 Å². The number of amides is 2. The minimum atomic E-state index is -4.76. The molecule has 14 heteroatoms. The molecule has 0 aliphatic carbocycles. The number of nitrogens with one attached hydrogen (secondary N) is 1.